The Balaban J connectivity index is 0.000000144. The molecular formula is C12H18N6O6. The van der Waals surface area contributed by atoms with Gasteiger partial charge >= 0.3 is 0 Å². The molecule has 0 radical (unpaired) electrons. The van der Waals surface area contributed by atoms with Gasteiger partial charge in [0.1, 0.15) is 0 Å². The molecule has 6 aliphatic heterocycles. The highest BCUT2D eigenvalue weighted by Gasteiger charge is 2.12. The zero-order valence-electron chi connectivity index (χ0n) is 12.7. The first-order valence-corrected chi connectivity index (χ1v) is 6.97. The van der Waals surface area contributed by atoms with E-state index in [4.69, 9.17) is 0 Å². The van der Waals surface area contributed by atoms with E-state index in [9.17, 15) is 28.8 Å². The Labute approximate surface area is 136 Å². The first-order chi connectivity index (χ1) is 11.4. The van der Waals surface area contributed by atoms with E-state index in [1.54, 1.807) is 0 Å². The van der Waals surface area contributed by atoms with Crippen LogP contribution < -0.4 is 31.9 Å². The van der Waals surface area contributed by atoms with Gasteiger partial charge in [-0.1, -0.05) is 0 Å². The van der Waals surface area contributed by atoms with Crippen LogP contribution in [-0.2, 0) is 28.8 Å². The fourth-order valence-electron chi connectivity index (χ4n) is 0.217. The number of nitrogens with one attached hydrogen (secondary N) is 6. The second-order valence-electron chi connectivity index (χ2n) is 4.66. The third kappa shape index (κ3) is 27.2. The number of amides is 6. The van der Waals surface area contributed by atoms with E-state index >= 15 is 0 Å². The maximum absolute atomic E-state index is 9.44. The van der Waals surface area contributed by atoms with Gasteiger partial charge in [0.2, 0.25) is 35.4 Å². The monoisotopic (exact) mass is 342 g/mol. The molecule has 0 aromatic carbocycles. The molecular weight excluding hydrogens is 324 g/mol. The predicted octanol–water partition coefficient (Wildman–Crippen LogP) is -5.30. The largest absolute Gasteiger partial charge is 0.346 e. The molecule has 0 aromatic heterocycles. The summed E-state index contributed by atoms with van der Waals surface area (Å²) in [7, 11) is 0. The van der Waals surface area contributed by atoms with Crippen LogP contribution in [0.15, 0.2) is 0 Å². The molecule has 6 amide bonds. The molecule has 0 saturated carbocycles. The zero-order chi connectivity index (χ0) is 17.9. The lowest BCUT2D eigenvalue weighted by Gasteiger charge is -1.30. The van der Waals surface area contributed by atoms with Gasteiger partial charge < -0.3 is 31.9 Å². The third-order valence-electron chi connectivity index (χ3n) is 1.93. The first kappa shape index (κ1) is 18.9. The van der Waals surface area contributed by atoms with Gasteiger partial charge in [0.05, 0.1) is 39.3 Å². The fraction of sp³-hybridized carbons (Fsp3) is 0.500. The first-order valence-electron chi connectivity index (χ1n) is 6.97. The smallest absolute Gasteiger partial charge is 0.239 e. The molecule has 6 fully saturated rings. The molecule has 0 aromatic rings. The van der Waals surface area contributed by atoms with Crippen molar-refractivity contribution in [3.8, 4) is 0 Å². The summed E-state index contributed by atoms with van der Waals surface area (Å²) in [5, 5.41) is 14.8. The molecule has 12 heteroatoms. The van der Waals surface area contributed by atoms with Crippen molar-refractivity contribution < 1.29 is 28.8 Å². The average Bonchev–Trinajstić information content (AvgIpc) is 3.32. The summed E-state index contributed by atoms with van der Waals surface area (Å²) >= 11 is 0. The van der Waals surface area contributed by atoms with Gasteiger partial charge in [0.25, 0.3) is 0 Å². The minimum Gasteiger partial charge on any atom is -0.346 e. The Morgan fingerprint density at radius 2 is 0.375 bits per heavy atom. The van der Waals surface area contributed by atoms with Gasteiger partial charge in [-0.2, -0.15) is 0 Å². The Hall–Kier alpha value is -3.18. The molecule has 0 spiro atoms. The van der Waals surface area contributed by atoms with Gasteiger partial charge in [0.15, 0.2) is 0 Å². The van der Waals surface area contributed by atoms with E-state index < -0.39 is 0 Å². The van der Waals surface area contributed by atoms with Crippen LogP contribution in [0.2, 0.25) is 0 Å². The minimum absolute atomic E-state index is 0.167. The van der Waals surface area contributed by atoms with Crippen LogP contribution in [0.3, 0.4) is 0 Å². The van der Waals surface area contributed by atoms with E-state index in [1.165, 1.54) is 0 Å². The van der Waals surface area contributed by atoms with Crippen molar-refractivity contribution in [3.05, 3.63) is 0 Å². The summed E-state index contributed by atoms with van der Waals surface area (Å²) < 4.78 is 0. The Morgan fingerprint density at radius 1 is 0.333 bits per heavy atom. The van der Waals surface area contributed by atoms with Crippen LogP contribution in [0.5, 0.6) is 0 Å². The van der Waals surface area contributed by atoms with Gasteiger partial charge in [-0.25, -0.2) is 0 Å². The molecule has 132 valence electrons. The fourth-order valence-corrected chi connectivity index (χ4v) is 0.217. The standard InChI is InChI=1S/6C2H3NO/c6*4-2-1-3-2/h6*1H2,(H,3,4). The number of hydrogen-bond donors (Lipinski definition) is 6. The molecule has 0 atom stereocenters. The predicted molar refractivity (Wildman–Crippen MR) is 78.1 cm³/mol. The summed E-state index contributed by atoms with van der Waals surface area (Å²) in [5.41, 5.74) is 0. The van der Waals surface area contributed by atoms with Crippen molar-refractivity contribution in [3.63, 3.8) is 0 Å². The van der Waals surface area contributed by atoms with E-state index in [0.717, 1.165) is 0 Å². The van der Waals surface area contributed by atoms with Gasteiger partial charge in [0, 0.05) is 0 Å². The SMILES string of the molecule is O=C1CN1.O=C1CN1.O=C1CN1.O=C1CN1.O=C1CN1.O=C1CN1. The van der Waals surface area contributed by atoms with Crippen molar-refractivity contribution in [1.82, 2.24) is 31.9 Å². The molecule has 0 unspecified atom stereocenters. The molecule has 12 nitrogen and oxygen atoms in total. The zero-order valence-corrected chi connectivity index (χ0v) is 12.7. The molecule has 24 heavy (non-hydrogen) atoms. The van der Waals surface area contributed by atoms with Crippen molar-refractivity contribution in [2.45, 2.75) is 0 Å². The van der Waals surface area contributed by atoms with Crippen molar-refractivity contribution >= 4 is 35.4 Å². The summed E-state index contributed by atoms with van der Waals surface area (Å²) in [6.07, 6.45) is 0. The highest BCUT2D eigenvalue weighted by atomic mass is 16.2. The second kappa shape index (κ2) is 9.76. The molecule has 6 saturated heterocycles. The van der Waals surface area contributed by atoms with E-state index in [0.29, 0.717) is 39.3 Å². The molecule has 6 rings (SSSR count). The number of rotatable bonds is 0. The molecule has 0 aliphatic carbocycles. The summed E-state index contributed by atoms with van der Waals surface area (Å²) in [6, 6.07) is 0. The lowest BCUT2D eigenvalue weighted by molar-refractivity contribution is -0.111. The van der Waals surface area contributed by atoms with Crippen molar-refractivity contribution in [1.29, 1.82) is 0 Å². The molecule has 6 aliphatic rings. The van der Waals surface area contributed by atoms with E-state index in [1.807, 2.05) is 0 Å². The van der Waals surface area contributed by atoms with Gasteiger partial charge in [-0.15, -0.1) is 0 Å². The number of carbonyl (C=O) groups is 6. The Morgan fingerprint density at radius 3 is 0.375 bits per heavy atom. The van der Waals surface area contributed by atoms with Crippen LogP contribution in [0.1, 0.15) is 0 Å². The Bertz CT molecular complexity index is 388. The highest BCUT2D eigenvalue weighted by molar-refractivity contribution is 5.93. The summed E-state index contributed by atoms with van der Waals surface area (Å²) in [5.74, 6) is 1.00. The lowest BCUT2D eigenvalue weighted by Crippen LogP contribution is -1.66. The van der Waals surface area contributed by atoms with Crippen LogP contribution in [0.4, 0.5) is 0 Å². The number of carbonyl (C=O) groups excluding carboxylic acids is 6. The van der Waals surface area contributed by atoms with Crippen LogP contribution in [0, 0.1) is 0 Å². The van der Waals surface area contributed by atoms with E-state index in [-0.39, 0.29) is 35.4 Å². The number of hydrogen-bond acceptors (Lipinski definition) is 6. The van der Waals surface area contributed by atoms with Crippen molar-refractivity contribution in [2.75, 3.05) is 39.3 Å². The topological polar surface area (TPSA) is 234 Å². The maximum Gasteiger partial charge on any atom is 0.239 e. The lowest BCUT2D eigenvalue weighted by atomic mass is 11.0. The second-order valence-corrected chi connectivity index (χ2v) is 4.66. The normalized spacial score (nSPS) is 19.5. The summed E-state index contributed by atoms with van der Waals surface area (Å²) in [4.78, 5) is 56.7. The third-order valence-corrected chi connectivity index (χ3v) is 1.93. The van der Waals surface area contributed by atoms with Gasteiger partial charge in [-0.3, -0.25) is 28.8 Å². The quantitative estimate of drug-likeness (QED) is 0.235. The minimum atomic E-state index is 0.167. The van der Waals surface area contributed by atoms with Crippen molar-refractivity contribution in [2.24, 2.45) is 0 Å². The Kier molecular flexibility index (Phi) is 7.67. The molecule has 6 heterocycles. The van der Waals surface area contributed by atoms with Crippen LogP contribution in [0.25, 0.3) is 0 Å². The van der Waals surface area contributed by atoms with E-state index in [2.05, 4.69) is 31.9 Å². The van der Waals surface area contributed by atoms with Crippen LogP contribution >= 0.6 is 0 Å². The van der Waals surface area contributed by atoms with Gasteiger partial charge in [-0.05, 0) is 0 Å². The highest BCUT2D eigenvalue weighted by Crippen LogP contribution is 1.74. The summed E-state index contributed by atoms with van der Waals surface area (Å²) in [6.45, 7) is 3.58. The maximum atomic E-state index is 9.44. The van der Waals surface area contributed by atoms with Crippen LogP contribution in [-0.4, -0.2) is 74.7 Å². The average molecular weight is 342 g/mol. The molecule has 6 N–H and O–H groups in total. The molecule has 0 bridgehead atoms.